The maximum Gasteiger partial charge on any atom is 0.238 e. The maximum absolute atomic E-state index is 12.9. The lowest BCUT2D eigenvalue weighted by molar-refractivity contribution is -0.115. The Hall–Kier alpha value is -2.20. The van der Waals surface area contributed by atoms with Crippen LogP contribution in [-0.2, 0) is 4.79 Å². The van der Waals surface area contributed by atoms with Crippen molar-refractivity contribution in [1.29, 1.82) is 5.41 Å². The minimum atomic E-state index is -0.714. The smallest absolute Gasteiger partial charge is 0.238 e. The number of nitrogens with one attached hydrogen (secondary N) is 2. The number of halogens is 2. The topological polar surface area (TPSA) is 53.0 Å². The van der Waals surface area contributed by atoms with Gasteiger partial charge < -0.3 is 10.7 Å². The molecule has 100 valence electrons. The number of rotatable bonds is 2. The summed E-state index contributed by atoms with van der Waals surface area (Å²) in [6.45, 7) is 0. The predicted octanol–water partition coefficient (Wildman–Crippen LogP) is 3.58. The van der Waals surface area contributed by atoms with E-state index < -0.39 is 5.92 Å². The molecule has 1 amide bonds. The van der Waals surface area contributed by atoms with Gasteiger partial charge in [0.25, 0.3) is 0 Å². The van der Waals surface area contributed by atoms with Crippen LogP contribution in [0.25, 0.3) is 0 Å². The third-order valence-corrected chi connectivity index (χ3v) is 3.52. The SMILES string of the molecule is N=C(c1ccc(F)cc1)C1C(=O)Nc2ccc(Cl)cc21. The Morgan fingerprint density at radius 3 is 2.60 bits per heavy atom. The van der Waals surface area contributed by atoms with E-state index in [0.717, 1.165) is 0 Å². The fraction of sp³-hybridized carbons (Fsp3) is 0.0667. The third-order valence-electron chi connectivity index (χ3n) is 3.29. The molecule has 1 unspecified atom stereocenters. The van der Waals surface area contributed by atoms with Gasteiger partial charge in [-0.1, -0.05) is 23.7 Å². The van der Waals surface area contributed by atoms with Crippen molar-refractivity contribution in [1.82, 2.24) is 0 Å². The molecule has 1 heterocycles. The van der Waals surface area contributed by atoms with Gasteiger partial charge in [-0.25, -0.2) is 4.39 Å². The van der Waals surface area contributed by atoms with E-state index in [2.05, 4.69) is 5.32 Å². The molecule has 3 rings (SSSR count). The summed E-state index contributed by atoms with van der Waals surface area (Å²) in [5.74, 6) is -1.35. The first-order valence-electron chi connectivity index (χ1n) is 6.01. The standard InChI is InChI=1S/C15H10ClFN2O/c16-9-3-6-12-11(7-9)13(15(20)19-12)14(18)8-1-4-10(17)5-2-8/h1-7,13,18H,(H,19,20). The number of anilines is 1. The average Bonchev–Trinajstić information content (AvgIpc) is 2.74. The van der Waals surface area contributed by atoms with Gasteiger partial charge in [0.05, 0.1) is 5.71 Å². The highest BCUT2D eigenvalue weighted by Gasteiger charge is 2.34. The molecule has 1 aliphatic heterocycles. The van der Waals surface area contributed by atoms with Crippen LogP contribution in [0.3, 0.4) is 0 Å². The molecule has 0 radical (unpaired) electrons. The number of carbonyl (C=O) groups is 1. The van der Waals surface area contributed by atoms with E-state index in [0.29, 0.717) is 21.8 Å². The second kappa shape index (κ2) is 4.72. The van der Waals surface area contributed by atoms with Gasteiger partial charge in [-0.2, -0.15) is 0 Å². The van der Waals surface area contributed by atoms with Gasteiger partial charge in [0.1, 0.15) is 11.7 Å². The third kappa shape index (κ3) is 2.08. The maximum atomic E-state index is 12.9. The Balaban J connectivity index is 2.02. The molecule has 0 bridgehead atoms. The molecule has 0 saturated carbocycles. The van der Waals surface area contributed by atoms with Crippen molar-refractivity contribution in [2.24, 2.45) is 0 Å². The number of amides is 1. The van der Waals surface area contributed by atoms with E-state index in [4.69, 9.17) is 17.0 Å². The summed E-state index contributed by atoms with van der Waals surface area (Å²) in [4.78, 5) is 12.1. The number of carbonyl (C=O) groups excluding carboxylic acids is 1. The zero-order valence-corrected chi connectivity index (χ0v) is 11.0. The van der Waals surface area contributed by atoms with Crippen molar-refractivity contribution < 1.29 is 9.18 Å². The largest absolute Gasteiger partial charge is 0.325 e. The van der Waals surface area contributed by atoms with Crippen LogP contribution in [0.2, 0.25) is 5.02 Å². The van der Waals surface area contributed by atoms with E-state index in [1.54, 1.807) is 18.2 Å². The fourth-order valence-corrected chi connectivity index (χ4v) is 2.50. The predicted molar refractivity (Wildman–Crippen MR) is 76.1 cm³/mol. The Labute approximate surface area is 119 Å². The molecule has 0 saturated heterocycles. The van der Waals surface area contributed by atoms with Crippen LogP contribution in [0.1, 0.15) is 17.0 Å². The first-order chi connectivity index (χ1) is 9.56. The van der Waals surface area contributed by atoms with Crippen molar-refractivity contribution in [3.05, 3.63) is 64.4 Å². The molecule has 2 N–H and O–H groups in total. The lowest BCUT2D eigenvalue weighted by atomic mass is 9.91. The number of hydrogen-bond acceptors (Lipinski definition) is 2. The van der Waals surface area contributed by atoms with Crippen LogP contribution < -0.4 is 5.32 Å². The van der Waals surface area contributed by atoms with Crippen molar-refractivity contribution in [3.8, 4) is 0 Å². The highest BCUT2D eigenvalue weighted by molar-refractivity contribution is 6.31. The molecule has 0 aromatic heterocycles. The summed E-state index contributed by atoms with van der Waals surface area (Å²) in [5.41, 5.74) is 1.98. The van der Waals surface area contributed by atoms with E-state index in [-0.39, 0.29) is 17.4 Å². The van der Waals surface area contributed by atoms with Gasteiger partial charge in [-0.05, 0) is 41.5 Å². The highest BCUT2D eigenvalue weighted by Crippen LogP contribution is 2.36. The first-order valence-corrected chi connectivity index (χ1v) is 6.39. The van der Waals surface area contributed by atoms with Crippen molar-refractivity contribution in [3.63, 3.8) is 0 Å². The Morgan fingerprint density at radius 1 is 1.20 bits per heavy atom. The fourth-order valence-electron chi connectivity index (χ4n) is 2.32. The summed E-state index contributed by atoms with van der Waals surface area (Å²) in [7, 11) is 0. The lowest BCUT2D eigenvalue weighted by Gasteiger charge is -2.11. The highest BCUT2D eigenvalue weighted by atomic mass is 35.5. The van der Waals surface area contributed by atoms with Crippen molar-refractivity contribution in [2.75, 3.05) is 5.32 Å². The first kappa shape index (κ1) is 12.8. The molecule has 2 aromatic carbocycles. The van der Waals surface area contributed by atoms with Crippen molar-refractivity contribution in [2.45, 2.75) is 5.92 Å². The summed E-state index contributed by atoms with van der Waals surface area (Å²) in [6, 6.07) is 10.6. The molecule has 1 atom stereocenters. The zero-order valence-electron chi connectivity index (χ0n) is 10.3. The molecule has 1 aliphatic rings. The molecule has 0 aliphatic carbocycles. The summed E-state index contributed by atoms with van der Waals surface area (Å²) in [5, 5.41) is 11.4. The van der Waals surface area contributed by atoms with Gasteiger partial charge in [0.15, 0.2) is 0 Å². The minimum Gasteiger partial charge on any atom is -0.325 e. The number of fused-ring (bicyclic) bond motifs is 1. The van der Waals surface area contributed by atoms with Crippen LogP contribution in [0.4, 0.5) is 10.1 Å². The molecule has 5 heteroatoms. The molecular weight excluding hydrogens is 279 g/mol. The van der Waals surface area contributed by atoms with Crippen LogP contribution in [0.5, 0.6) is 0 Å². The molecular formula is C15H10ClFN2O. The van der Waals surface area contributed by atoms with Crippen LogP contribution in [-0.4, -0.2) is 11.6 Å². The molecule has 2 aromatic rings. The number of benzene rings is 2. The second-order valence-electron chi connectivity index (χ2n) is 4.57. The second-order valence-corrected chi connectivity index (χ2v) is 5.01. The van der Waals surface area contributed by atoms with E-state index >= 15 is 0 Å². The average molecular weight is 289 g/mol. The zero-order chi connectivity index (χ0) is 14.3. The van der Waals surface area contributed by atoms with Crippen LogP contribution in [0.15, 0.2) is 42.5 Å². The minimum absolute atomic E-state index is 0.128. The summed E-state index contributed by atoms with van der Waals surface area (Å²) in [6.07, 6.45) is 0. The molecule has 0 spiro atoms. The van der Waals surface area contributed by atoms with Gasteiger partial charge in [0, 0.05) is 10.7 Å². The van der Waals surface area contributed by atoms with Crippen LogP contribution in [0, 0.1) is 11.2 Å². The normalized spacial score (nSPS) is 16.7. The quantitative estimate of drug-likeness (QED) is 0.815. The Morgan fingerprint density at radius 2 is 1.90 bits per heavy atom. The van der Waals surface area contributed by atoms with Gasteiger partial charge in [-0.3, -0.25) is 4.79 Å². The van der Waals surface area contributed by atoms with Gasteiger partial charge in [-0.15, -0.1) is 0 Å². The summed E-state index contributed by atoms with van der Waals surface area (Å²) < 4.78 is 12.9. The summed E-state index contributed by atoms with van der Waals surface area (Å²) >= 11 is 5.95. The van der Waals surface area contributed by atoms with Gasteiger partial charge >= 0.3 is 0 Å². The monoisotopic (exact) mass is 288 g/mol. The van der Waals surface area contributed by atoms with E-state index in [1.165, 1.54) is 24.3 Å². The molecule has 20 heavy (non-hydrogen) atoms. The Bertz CT molecular complexity index is 712. The van der Waals surface area contributed by atoms with Crippen LogP contribution >= 0.6 is 11.6 Å². The molecule has 0 fully saturated rings. The van der Waals surface area contributed by atoms with Gasteiger partial charge in [0.2, 0.25) is 5.91 Å². The van der Waals surface area contributed by atoms with E-state index in [9.17, 15) is 9.18 Å². The lowest BCUT2D eigenvalue weighted by Crippen LogP contribution is -2.21. The Kier molecular flexibility index (Phi) is 3.03. The van der Waals surface area contributed by atoms with Crippen molar-refractivity contribution >= 4 is 28.9 Å². The number of hydrogen-bond donors (Lipinski definition) is 2. The van der Waals surface area contributed by atoms with E-state index in [1.807, 2.05) is 0 Å². The molecule has 3 nitrogen and oxygen atoms in total.